The lowest BCUT2D eigenvalue weighted by Crippen LogP contribution is -2.28. The Morgan fingerprint density at radius 1 is 0.875 bits per heavy atom. The Bertz CT molecular complexity index is 1050. The van der Waals surface area contributed by atoms with E-state index >= 15 is 0 Å². The van der Waals surface area contributed by atoms with Crippen LogP contribution in [-0.4, -0.2) is 17.6 Å². The normalized spacial score (nSPS) is 12.5. The van der Waals surface area contributed by atoms with Crippen LogP contribution in [0, 0.1) is 0 Å². The van der Waals surface area contributed by atoms with Gasteiger partial charge in [-0.2, -0.15) is 0 Å². The Labute approximate surface area is 194 Å². The minimum Gasteiger partial charge on any atom is -0.326 e. The van der Waals surface area contributed by atoms with Crippen molar-refractivity contribution in [3.8, 4) is 0 Å². The number of anilines is 3. The van der Waals surface area contributed by atoms with Crippen LogP contribution in [0.25, 0.3) is 0 Å². The average molecular weight is 445 g/mol. The number of nitrogens with one attached hydrogen (secondary N) is 1. The third-order valence-electron chi connectivity index (χ3n) is 5.64. The maximum absolute atomic E-state index is 13.4. The molecule has 0 atom stereocenters. The first-order valence-corrected chi connectivity index (χ1v) is 12.2. The Kier molecular flexibility index (Phi) is 7.28. The fourth-order valence-electron chi connectivity index (χ4n) is 3.95. The topological polar surface area (TPSA) is 49.4 Å². The fourth-order valence-corrected chi connectivity index (χ4v) is 4.70. The summed E-state index contributed by atoms with van der Waals surface area (Å²) in [5.41, 5.74) is 5.15. The molecular weight excluding hydrogens is 416 g/mol. The molecule has 164 valence electrons. The van der Waals surface area contributed by atoms with E-state index in [1.807, 2.05) is 65.6 Å². The van der Waals surface area contributed by atoms with Crippen molar-refractivity contribution in [2.24, 2.45) is 0 Å². The lowest BCUT2D eigenvalue weighted by molar-refractivity contribution is -0.116. The van der Waals surface area contributed by atoms with Gasteiger partial charge in [0.2, 0.25) is 11.8 Å². The maximum atomic E-state index is 13.4. The number of aryl methyl sites for hydroxylation is 2. The summed E-state index contributed by atoms with van der Waals surface area (Å²) in [4.78, 5) is 28.2. The molecule has 5 heteroatoms. The highest BCUT2D eigenvalue weighted by molar-refractivity contribution is 8.00. The van der Waals surface area contributed by atoms with E-state index < -0.39 is 0 Å². The van der Waals surface area contributed by atoms with E-state index in [9.17, 15) is 9.59 Å². The minimum atomic E-state index is 0.0425. The molecule has 32 heavy (non-hydrogen) atoms. The van der Waals surface area contributed by atoms with Gasteiger partial charge in [-0.1, -0.05) is 49.7 Å². The Morgan fingerprint density at radius 2 is 1.47 bits per heavy atom. The number of nitrogens with zero attached hydrogens (tertiary/aromatic N) is 1. The Hall–Kier alpha value is -3.05. The molecule has 4 rings (SSSR count). The molecule has 0 aromatic heterocycles. The number of thioether (sulfide) groups is 1. The first-order valence-electron chi connectivity index (χ1n) is 11.2. The van der Waals surface area contributed by atoms with Crippen molar-refractivity contribution in [3.05, 3.63) is 83.9 Å². The van der Waals surface area contributed by atoms with Gasteiger partial charge in [-0.05, 0) is 66.8 Å². The molecule has 0 spiro atoms. The molecule has 4 nitrogen and oxygen atoms in total. The average Bonchev–Trinajstić information content (AvgIpc) is 2.99. The van der Waals surface area contributed by atoms with Crippen LogP contribution in [0.3, 0.4) is 0 Å². The zero-order chi connectivity index (χ0) is 22.3. The second-order valence-electron chi connectivity index (χ2n) is 7.95. The predicted octanol–water partition coefficient (Wildman–Crippen LogP) is 6.37. The molecule has 0 aliphatic carbocycles. The van der Waals surface area contributed by atoms with Crippen molar-refractivity contribution in [1.29, 1.82) is 0 Å². The SMILES string of the molecule is CCCCC(=O)Nc1ccc(SCC(=O)N2c3ccccc3CCc3ccccc32)cc1. The van der Waals surface area contributed by atoms with Gasteiger partial charge in [-0.15, -0.1) is 11.8 Å². The highest BCUT2D eigenvalue weighted by atomic mass is 32.2. The molecule has 2 amide bonds. The molecule has 3 aromatic carbocycles. The summed E-state index contributed by atoms with van der Waals surface area (Å²) in [5.74, 6) is 0.444. The molecule has 1 aliphatic heterocycles. The molecule has 3 aromatic rings. The van der Waals surface area contributed by atoms with Crippen LogP contribution < -0.4 is 10.2 Å². The van der Waals surface area contributed by atoms with Gasteiger partial charge in [0, 0.05) is 17.0 Å². The number of carbonyl (C=O) groups is 2. The van der Waals surface area contributed by atoms with Gasteiger partial charge in [-0.25, -0.2) is 0 Å². The summed E-state index contributed by atoms with van der Waals surface area (Å²) in [6.45, 7) is 2.07. The molecule has 0 saturated carbocycles. The molecular formula is C27H28N2O2S. The molecule has 0 bridgehead atoms. The number of hydrogen-bond donors (Lipinski definition) is 1. The van der Waals surface area contributed by atoms with Gasteiger partial charge in [0.25, 0.3) is 0 Å². The monoisotopic (exact) mass is 444 g/mol. The largest absolute Gasteiger partial charge is 0.326 e. The van der Waals surface area contributed by atoms with E-state index in [1.54, 1.807) is 0 Å². The van der Waals surface area contributed by atoms with Crippen LogP contribution in [-0.2, 0) is 22.4 Å². The summed E-state index contributed by atoms with van der Waals surface area (Å²) < 4.78 is 0. The van der Waals surface area contributed by atoms with Crippen molar-refractivity contribution >= 4 is 40.6 Å². The zero-order valence-electron chi connectivity index (χ0n) is 18.3. The molecule has 1 heterocycles. The number of para-hydroxylation sites is 2. The number of unbranched alkanes of at least 4 members (excludes halogenated alkanes) is 1. The predicted molar refractivity (Wildman–Crippen MR) is 133 cm³/mol. The van der Waals surface area contributed by atoms with E-state index in [2.05, 4.69) is 24.4 Å². The molecule has 0 unspecified atom stereocenters. The lowest BCUT2D eigenvalue weighted by atomic mass is 10.0. The number of benzene rings is 3. The van der Waals surface area contributed by atoms with Gasteiger partial charge in [-0.3, -0.25) is 14.5 Å². The van der Waals surface area contributed by atoms with Crippen LogP contribution in [0.1, 0.15) is 37.3 Å². The van der Waals surface area contributed by atoms with Crippen molar-refractivity contribution in [2.45, 2.75) is 43.9 Å². The molecule has 1 aliphatic rings. The van der Waals surface area contributed by atoms with Gasteiger partial charge < -0.3 is 5.32 Å². The van der Waals surface area contributed by atoms with Crippen LogP contribution in [0.15, 0.2) is 77.7 Å². The summed E-state index contributed by atoms with van der Waals surface area (Å²) in [6.07, 6.45) is 4.29. The minimum absolute atomic E-state index is 0.0425. The molecule has 1 N–H and O–H groups in total. The second kappa shape index (κ2) is 10.5. The number of fused-ring (bicyclic) bond motifs is 2. The summed E-state index contributed by atoms with van der Waals surface area (Å²) >= 11 is 1.52. The van der Waals surface area contributed by atoms with E-state index in [-0.39, 0.29) is 11.8 Å². The van der Waals surface area contributed by atoms with Gasteiger partial charge in [0.1, 0.15) is 0 Å². The Morgan fingerprint density at radius 3 is 2.06 bits per heavy atom. The summed E-state index contributed by atoms with van der Waals surface area (Å²) in [7, 11) is 0. The van der Waals surface area contributed by atoms with Crippen LogP contribution >= 0.6 is 11.8 Å². The number of amides is 2. The standard InChI is InChI=1S/C27H28N2O2S/c1-2-3-12-26(30)28-22-15-17-23(18-16-22)32-19-27(31)29-24-10-6-4-8-20(24)13-14-21-9-5-7-11-25(21)29/h4-11,15-18H,2-3,12-14,19H2,1H3,(H,28,30). The van der Waals surface area contributed by atoms with Crippen molar-refractivity contribution in [3.63, 3.8) is 0 Å². The number of carbonyl (C=O) groups excluding carboxylic acids is 2. The van der Waals surface area contributed by atoms with Gasteiger partial charge in [0.15, 0.2) is 0 Å². The fraction of sp³-hybridized carbons (Fsp3) is 0.259. The smallest absolute Gasteiger partial charge is 0.241 e. The summed E-state index contributed by atoms with van der Waals surface area (Å²) in [6, 6.07) is 24.1. The van der Waals surface area contributed by atoms with Crippen LogP contribution in [0.2, 0.25) is 0 Å². The third-order valence-corrected chi connectivity index (χ3v) is 6.63. The van der Waals surface area contributed by atoms with Gasteiger partial charge in [0.05, 0.1) is 17.1 Å². The van der Waals surface area contributed by atoms with Crippen LogP contribution in [0.4, 0.5) is 17.1 Å². The van der Waals surface area contributed by atoms with E-state index in [1.165, 1.54) is 22.9 Å². The zero-order valence-corrected chi connectivity index (χ0v) is 19.2. The van der Waals surface area contributed by atoms with Crippen molar-refractivity contribution < 1.29 is 9.59 Å². The highest BCUT2D eigenvalue weighted by Gasteiger charge is 2.25. The lowest BCUT2D eigenvalue weighted by Gasteiger charge is -2.25. The molecule has 0 saturated heterocycles. The van der Waals surface area contributed by atoms with Gasteiger partial charge >= 0.3 is 0 Å². The van der Waals surface area contributed by atoms with E-state index in [4.69, 9.17) is 0 Å². The Balaban J connectivity index is 1.46. The quantitative estimate of drug-likeness (QED) is 0.431. The van der Waals surface area contributed by atoms with Crippen LogP contribution in [0.5, 0.6) is 0 Å². The highest BCUT2D eigenvalue weighted by Crippen LogP contribution is 2.36. The first-order chi connectivity index (χ1) is 15.7. The van der Waals surface area contributed by atoms with Crippen molar-refractivity contribution in [1.82, 2.24) is 0 Å². The van der Waals surface area contributed by atoms with E-state index in [0.29, 0.717) is 12.2 Å². The first kappa shape index (κ1) is 22.2. The third kappa shape index (κ3) is 5.22. The van der Waals surface area contributed by atoms with E-state index in [0.717, 1.165) is 47.6 Å². The number of hydrogen-bond acceptors (Lipinski definition) is 3. The van der Waals surface area contributed by atoms with Crippen molar-refractivity contribution in [2.75, 3.05) is 16.0 Å². The molecule has 0 fully saturated rings. The molecule has 0 radical (unpaired) electrons. The second-order valence-corrected chi connectivity index (χ2v) is 9.00. The summed E-state index contributed by atoms with van der Waals surface area (Å²) in [5, 5.41) is 2.93. The number of rotatable bonds is 7. The maximum Gasteiger partial charge on any atom is 0.241 e.